The van der Waals surface area contributed by atoms with Gasteiger partial charge in [-0.25, -0.2) is 15.0 Å². The molecule has 3 aromatic heterocycles. The Hall–Kier alpha value is -4.26. The van der Waals surface area contributed by atoms with E-state index in [1.54, 1.807) is 17.3 Å². The van der Waals surface area contributed by atoms with Crippen molar-refractivity contribution < 1.29 is 14.4 Å². The van der Waals surface area contributed by atoms with Crippen LogP contribution in [-0.4, -0.2) is 64.3 Å². The zero-order chi connectivity index (χ0) is 26.6. The Bertz CT molecular complexity index is 1600. The number of nitrogen functional groups attached to an aromatic ring is 1. The number of carbonyl (C=O) groups excluding carboxylic acids is 3. The Kier molecular flexibility index (Phi) is 5.86. The van der Waals surface area contributed by atoms with E-state index in [1.807, 2.05) is 18.2 Å². The highest BCUT2D eigenvalue weighted by Gasteiger charge is 2.56. The number of halogens is 1. The molecule has 6 rings (SSSR count). The van der Waals surface area contributed by atoms with Gasteiger partial charge in [0.1, 0.15) is 22.9 Å². The Balaban J connectivity index is 1.27. The van der Waals surface area contributed by atoms with Crippen LogP contribution in [0.3, 0.4) is 0 Å². The molecule has 0 bridgehead atoms. The minimum Gasteiger partial charge on any atom is -0.368 e. The van der Waals surface area contributed by atoms with E-state index in [-0.39, 0.29) is 41.8 Å². The second kappa shape index (κ2) is 9.24. The molecule has 1 saturated heterocycles. The molecule has 3 atom stereocenters. The Labute approximate surface area is 224 Å². The number of carbonyl (C=O) groups is 3. The normalized spacial score (nSPS) is 19.8. The van der Waals surface area contributed by atoms with Crippen LogP contribution >= 0.6 is 15.9 Å². The van der Waals surface area contributed by atoms with Crippen LogP contribution in [0.15, 0.2) is 47.6 Å². The Morgan fingerprint density at radius 2 is 1.89 bits per heavy atom. The number of rotatable bonds is 6. The first kappa shape index (κ1) is 24.1. The van der Waals surface area contributed by atoms with Gasteiger partial charge in [-0.2, -0.15) is 5.10 Å². The fourth-order valence-corrected chi connectivity index (χ4v) is 5.41. The summed E-state index contributed by atoms with van der Waals surface area (Å²) in [6.07, 6.45) is 7.65. The Morgan fingerprint density at radius 1 is 1.11 bits per heavy atom. The summed E-state index contributed by atoms with van der Waals surface area (Å²) >= 11 is 3.24. The van der Waals surface area contributed by atoms with Crippen molar-refractivity contribution in [1.29, 1.82) is 0 Å². The number of likely N-dealkylation sites (tertiary alicyclic amines) is 1. The third-order valence-electron chi connectivity index (χ3n) is 6.93. The van der Waals surface area contributed by atoms with Crippen molar-refractivity contribution in [1.82, 2.24) is 34.6 Å². The van der Waals surface area contributed by atoms with E-state index in [9.17, 15) is 14.4 Å². The van der Waals surface area contributed by atoms with Crippen LogP contribution in [0.25, 0.3) is 22.0 Å². The zero-order valence-electron chi connectivity index (χ0n) is 20.2. The number of nitrogens with one attached hydrogen (secondary N) is 1. The maximum atomic E-state index is 13.6. The van der Waals surface area contributed by atoms with Gasteiger partial charge in [-0.15, -0.1) is 0 Å². The molecular weight excluding hydrogens is 554 g/mol. The molecule has 2 aliphatic rings. The molecule has 0 radical (unpaired) electrons. The fraction of sp³-hybridized carbons (Fsp3) is 0.280. The molecule has 12 nitrogen and oxygen atoms in total. The number of ketones is 1. The van der Waals surface area contributed by atoms with E-state index in [2.05, 4.69) is 46.3 Å². The van der Waals surface area contributed by atoms with Gasteiger partial charge in [-0.05, 0) is 52.4 Å². The number of piperidine rings is 1. The molecule has 192 valence electrons. The van der Waals surface area contributed by atoms with E-state index in [4.69, 9.17) is 5.73 Å². The van der Waals surface area contributed by atoms with Crippen molar-refractivity contribution in [2.24, 2.45) is 5.92 Å². The highest BCUT2D eigenvalue weighted by atomic mass is 79.9. The number of amides is 2. The average Bonchev–Trinajstić information content (AvgIpc) is 3.39. The zero-order valence-corrected chi connectivity index (χ0v) is 21.8. The maximum absolute atomic E-state index is 13.6. The monoisotopic (exact) mass is 575 g/mol. The van der Waals surface area contributed by atoms with E-state index in [1.165, 1.54) is 24.0 Å². The van der Waals surface area contributed by atoms with Crippen LogP contribution in [0.1, 0.15) is 30.3 Å². The van der Waals surface area contributed by atoms with Crippen molar-refractivity contribution in [3.05, 3.63) is 53.3 Å². The van der Waals surface area contributed by atoms with Crippen LogP contribution < -0.4 is 11.1 Å². The molecular formula is C25H22BrN9O3. The minimum absolute atomic E-state index is 0.0260. The molecule has 2 amide bonds. The third-order valence-corrected chi connectivity index (χ3v) is 7.31. The van der Waals surface area contributed by atoms with Crippen molar-refractivity contribution in [2.45, 2.75) is 38.4 Å². The summed E-state index contributed by atoms with van der Waals surface area (Å²) in [5.74, 6) is 0.0256. The van der Waals surface area contributed by atoms with E-state index in [0.29, 0.717) is 33.7 Å². The topological polar surface area (TPSA) is 162 Å². The standard InChI is InChI=1S/C25H22BrN9O3/c1-12(36)23-16-4-13(15-7-29-25(27)30-8-15)2-3-17(16)34(33-23)11-22(37)35-18-5-14(18)6-19(35)24(38)32-21-10-28-9-20(26)31-21/h2-4,7-10,14,18-19H,5-6,11H2,1H3,(H2,27,29,30)(H,31,32,38)/t14?,18-,19+/m1/s1. The predicted octanol–water partition coefficient (Wildman–Crippen LogP) is 2.46. The van der Waals surface area contributed by atoms with E-state index < -0.39 is 6.04 Å². The van der Waals surface area contributed by atoms with Gasteiger partial charge < -0.3 is 16.0 Å². The quantitative estimate of drug-likeness (QED) is 0.329. The van der Waals surface area contributed by atoms with Gasteiger partial charge in [-0.1, -0.05) is 6.07 Å². The van der Waals surface area contributed by atoms with Crippen molar-refractivity contribution in [3.63, 3.8) is 0 Å². The van der Waals surface area contributed by atoms with Crippen molar-refractivity contribution in [2.75, 3.05) is 11.1 Å². The van der Waals surface area contributed by atoms with Crippen molar-refractivity contribution in [3.8, 4) is 11.1 Å². The van der Waals surface area contributed by atoms with Gasteiger partial charge in [0.2, 0.25) is 17.8 Å². The van der Waals surface area contributed by atoms with Gasteiger partial charge in [0, 0.05) is 36.3 Å². The fourth-order valence-electron chi connectivity index (χ4n) is 5.10. The molecule has 38 heavy (non-hydrogen) atoms. The summed E-state index contributed by atoms with van der Waals surface area (Å²) in [6.45, 7) is 1.34. The van der Waals surface area contributed by atoms with Crippen LogP contribution in [0, 0.1) is 5.92 Å². The summed E-state index contributed by atoms with van der Waals surface area (Å²) in [6, 6.07) is 4.91. The molecule has 4 heterocycles. The average molecular weight is 576 g/mol. The molecule has 1 unspecified atom stereocenters. The molecule has 1 aliphatic heterocycles. The first-order valence-electron chi connectivity index (χ1n) is 12.0. The number of anilines is 2. The third kappa shape index (κ3) is 4.38. The highest BCUT2D eigenvalue weighted by Crippen LogP contribution is 2.48. The number of fused-ring (bicyclic) bond motifs is 2. The van der Waals surface area contributed by atoms with Gasteiger partial charge in [0.15, 0.2) is 11.6 Å². The minimum atomic E-state index is -0.613. The van der Waals surface area contributed by atoms with Crippen molar-refractivity contribution >= 4 is 56.2 Å². The lowest BCUT2D eigenvalue weighted by Crippen LogP contribution is -2.46. The molecule has 4 aromatic rings. The lowest BCUT2D eigenvalue weighted by molar-refractivity contribution is -0.138. The van der Waals surface area contributed by atoms with Gasteiger partial charge in [0.05, 0.1) is 17.9 Å². The number of hydrogen-bond donors (Lipinski definition) is 2. The number of nitrogens with two attached hydrogens (primary N) is 1. The summed E-state index contributed by atoms with van der Waals surface area (Å²) in [5, 5.41) is 7.86. The number of aromatic nitrogens is 6. The van der Waals surface area contributed by atoms with Crippen LogP contribution in [0.2, 0.25) is 0 Å². The Morgan fingerprint density at radius 3 is 2.63 bits per heavy atom. The lowest BCUT2D eigenvalue weighted by atomic mass is 10.0. The smallest absolute Gasteiger partial charge is 0.248 e. The van der Waals surface area contributed by atoms with Crippen LogP contribution in [0.5, 0.6) is 0 Å². The summed E-state index contributed by atoms with van der Waals surface area (Å²) in [7, 11) is 0. The molecule has 0 spiro atoms. The summed E-state index contributed by atoms with van der Waals surface area (Å²) in [5.41, 5.74) is 8.03. The number of benzene rings is 1. The lowest BCUT2D eigenvalue weighted by Gasteiger charge is -2.26. The second-order valence-electron chi connectivity index (χ2n) is 9.46. The van der Waals surface area contributed by atoms with Gasteiger partial charge in [-0.3, -0.25) is 24.0 Å². The maximum Gasteiger partial charge on any atom is 0.248 e. The van der Waals surface area contributed by atoms with E-state index >= 15 is 0 Å². The predicted molar refractivity (Wildman–Crippen MR) is 141 cm³/mol. The molecule has 13 heteroatoms. The number of nitrogens with zero attached hydrogens (tertiary/aromatic N) is 7. The van der Waals surface area contributed by atoms with Gasteiger partial charge >= 0.3 is 0 Å². The summed E-state index contributed by atoms with van der Waals surface area (Å²) in [4.78, 5) is 57.0. The number of hydrogen-bond acceptors (Lipinski definition) is 9. The SMILES string of the molecule is CC(=O)c1nn(CC(=O)N2[C@@H]3CC3C[C@H]2C(=O)Nc2cncc(Br)n2)c2ccc(-c3cnc(N)nc3)cc12. The molecule has 3 N–H and O–H groups in total. The first-order chi connectivity index (χ1) is 18.3. The highest BCUT2D eigenvalue weighted by molar-refractivity contribution is 9.10. The first-order valence-corrected chi connectivity index (χ1v) is 12.8. The molecule has 1 saturated carbocycles. The van der Waals surface area contributed by atoms with E-state index in [0.717, 1.165) is 17.5 Å². The molecule has 2 fully saturated rings. The summed E-state index contributed by atoms with van der Waals surface area (Å²) < 4.78 is 2.03. The second-order valence-corrected chi connectivity index (χ2v) is 10.3. The van der Waals surface area contributed by atoms with Crippen LogP contribution in [0.4, 0.5) is 11.8 Å². The number of Topliss-reactive ketones (excluding diaryl/α,β-unsaturated/α-hetero) is 1. The van der Waals surface area contributed by atoms with Crippen LogP contribution in [-0.2, 0) is 16.1 Å². The molecule has 1 aromatic carbocycles. The largest absolute Gasteiger partial charge is 0.368 e. The molecule has 1 aliphatic carbocycles. The van der Waals surface area contributed by atoms with Gasteiger partial charge in [0.25, 0.3) is 0 Å².